The molecule has 1 amide bonds. The minimum Gasteiger partial charge on any atom is -0.368 e. The molecule has 3 heterocycles. The fourth-order valence-electron chi connectivity index (χ4n) is 3.62. The second kappa shape index (κ2) is 9.71. The van der Waals surface area contributed by atoms with Gasteiger partial charge in [0.2, 0.25) is 0 Å². The highest BCUT2D eigenvalue weighted by molar-refractivity contribution is 7.13. The Hall–Kier alpha value is -2.93. The molecule has 3 aromatic rings. The Kier molecular flexibility index (Phi) is 6.59. The number of nitrogens with zero attached hydrogens (tertiary/aromatic N) is 3. The summed E-state index contributed by atoms with van der Waals surface area (Å²) in [7, 11) is 0. The summed E-state index contributed by atoms with van der Waals surface area (Å²) in [6.45, 7) is 5.15. The average Bonchev–Trinajstić information content (AvgIpc) is 3.32. The lowest BCUT2D eigenvalue weighted by Crippen LogP contribution is -2.31. The highest BCUT2D eigenvalue weighted by Gasteiger charge is 2.14. The largest absolute Gasteiger partial charge is 0.368 e. The SMILES string of the molecule is Cc1nc(NCCNC(=O)c2ccc(-c3cccs3)cc2)cc(N2CCCCC2)n1. The fourth-order valence-corrected chi connectivity index (χ4v) is 4.36. The second-order valence-corrected chi connectivity index (χ2v) is 8.39. The minimum atomic E-state index is -0.0672. The van der Waals surface area contributed by atoms with Crippen LogP contribution < -0.4 is 15.5 Å². The summed E-state index contributed by atoms with van der Waals surface area (Å²) in [5, 5.41) is 8.32. The van der Waals surface area contributed by atoms with Crippen molar-refractivity contribution in [2.24, 2.45) is 0 Å². The maximum Gasteiger partial charge on any atom is 0.251 e. The lowest BCUT2D eigenvalue weighted by molar-refractivity contribution is 0.0955. The number of hydrogen-bond donors (Lipinski definition) is 2. The van der Waals surface area contributed by atoms with Crippen LogP contribution >= 0.6 is 11.3 Å². The van der Waals surface area contributed by atoms with Gasteiger partial charge in [-0.3, -0.25) is 4.79 Å². The third-order valence-corrected chi connectivity index (χ3v) is 6.09. The maximum absolute atomic E-state index is 12.4. The molecule has 156 valence electrons. The van der Waals surface area contributed by atoms with Gasteiger partial charge in [0.05, 0.1) is 0 Å². The lowest BCUT2D eigenvalue weighted by Gasteiger charge is -2.28. The number of carbonyl (C=O) groups excluding carboxylic acids is 1. The zero-order valence-corrected chi connectivity index (χ0v) is 18.0. The molecule has 1 aliphatic heterocycles. The summed E-state index contributed by atoms with van der Waals surface area (Å²) in [4.78, 5) is 25.0. The van der Waals surface area contributed by atoms with Crippen molar-refractivity contribution in [1.29, 1.82) is 0 Å². The first-order valence-corrected chi connectivity index (χ1v) is 11.3. The molecule has 0 spiro atoms. The quantitative estimate of drug-likeness (QED) is 0.555. The van der Waals surface area contributed by atoms with Gasteiger partial charge in [-0.15, -0.1) is 11.3 Å². The predicted octanol–water partition coefficient (Wildman–Crippen LogP) is 4.35. The first-order chi connectivity index (χ1) is 14.7. The van der Waals surface area contributed by atoms with Crippen molar-refractivity contribution in [3.8, 4) is 10.4 Å². The van der Waals surface area contributed by atoms with Gasteiger partial charge in [0, 0.05) is 42.7 Å². The zero-order valence-electron chi connectivity index (χ0n) is 17.2. The third kappa shape index (κ3) is 5.16. The Morgan fingerprint density at radius 2 is 1.87 bits per heavy atom. The van der Waals surface area contributed by atoms with Gasteiger partial charge in [-0.2, -0.15) is 0 Å². The molecule has 0 aliphatic carbocycles. The number of nitrogens with one attached hydrogen (secondary N) is 2. The van der Waals surface area contributed by atoms with Crippen molar-refractivity contribution in [2.75, 3.05) is 36.4 Å². The number of thiophene rings is 1. The summed E-state index contributed by atoms with van der Waals surface area (Å²) in [5.74, 6) is 2.48. The molecule has 0 atom stereocenters. The molecule has 2 aromatic heterocycles. The fraction of sp³-hybridized carbons (Fsp3) is 0.348. The standard InChI is InChI=1S/C23H27N5OS/c1-17-26-21(16-22(27-17)28-13-3-2-4-14-28)24-11-12-25-23(29)19-9-7-18(8-10-19)20-6-5-15-30-20/h5-10,15-16H,2-4,11-14H2,1H3,(H,25,29)(H,24,26,27). The van der Waals surface area contributed by atoms with E-state index in [2.05, 4.69) is 36.9 Å². The number of amides is 1. The van der Waals surface area contributed by atoms with Crippen molar-refractivity contribution in [3.05, 3.63) is 59.2 Å². The van der Waals surface area contributed by atoms with Crippen LogP contribution in [0.2, 0.25) is 0 Å². The molecule has 0 bridgehead atoms. The van der Waals surface area contributed by atoms with Crippen molar-refractivity contribution in [1.82, 2.24) is 15.3 Å². The first kappa shape index (κ1) is 20.3. The molecular formula is C23H27N5OS. The summed E-state index contributed by atoms with van der Waals surface area (Å²) in [6.07, 6.45) is 3.72. The Balaban J connectivity index is 1.27. The van der Waals surface area contributed by atoms with Crippen LogP contribution in [0.3, 0.4) is 0 Å². The Labute approximate surface area is 181 Å². The number of piperidine rings is 1. The number of carbonyl (C=O) groups is 1. The van der Waals surface area contributed by atoms with Crippen molar-refractivity contribution in [2.45, 2.75) is 26.2 Å². The van der Waals surface area contributed by atoms with Gasteiger partial charge in [0.15, 0.2) is 0 Å². The van der Waals surface area contributed by atoms with E-state index in [0.717, 1.165) is 36.1 Å². The monoisotopic (exact) mass is 421 g/mol. The molecule has 0 unspecified atom stereocenters. The van der Waals surface area contributed by atoms with Crippen LogP contribution in [0.4, 0.5) is 11.6 Å². The van der Waals surface area contributed by atoms with E-state index >= 15 is 0 Å². The van der Waals surface area contributed by atoms with Gasteiger partial charge in [0.1, 0.15) is 17.5 Å². The van der Waals surface area contributed by atoms with E-state index in [-0.39, 0.29) is 5.91 Å². The smallest absolute Gasteiger partial charge is 0.251 e. The van der Waals surface area contributed by atoms with E-state index in [1.165, 1.54) is 24.1 Å². The van der Waals surface area contributed by atoms with Crippen molar-refractivity contribution in [3.63, 3.8) is 0 Å². The summed E-state index contributed by atoms with van der Waals surface area (Å²) >= 11 is 1.69. The number of hydrogen-bond acceptors (Lipinski definition) is 6. The van der Waals surface area contributed by atoms with Crippen LogP contribution in [-0.4, -0.2) is 42.1 Å². The van der Waals surface area contributed by atoms with Crippen LogP contribution in [0.5, 0.6) is 0 Å². The van der Waals surface area contributed by atoms with Gasteiger partial charge in [-0.25, -0.2) is 9.97 Å². The highest BCUT2D eigenvalue weighted by atomic mass is 32.1. The highest BCUT2D eigenvalue weighted by Crippen LogP contribution is 2.24. The molecule has 4 rings (SSSR count). The molecule has 1 aromatic carbocycles. The van der Waals surface area contributed by atoms with Crippen LogP contribution in [0.1, 0.15) is 35.4 Å². The number of anilines is 2. The van der Waals surface area contributed by atoms with E-state index in [4.69, 9.17) is 0 Å². The summed E-state index contributed by atoms with van der Waals surface area (Å²) in [5.41, 5.74) is 1.80. The Bertz CT molecular complexity index is 966. The van der Waals surface area contributed by atoms with Gasteiger partial charge < -0.3 is 15.5 Å². The molecule has 6 nitrogen and oxygen atoms in total. The molecular weight excluding hydrogens is 394 g/mol. The third-order valence-electron chi connectivity index (χ3n) is 5.17. The van der Waals surface area contributed by atoms with Gasteiger partial charge in [-0.1, -0.05) is 18.2 Å². The van der Waals surface area contributed by atoms with E-state index in [1.54, 1.807) is 11.3 Å². The van der Waals surface area contributed by atoms with Crippen molar-refractivity contribution >= 4 is 28.9 Å². The van der Waals surface area contributed by atoms with Gasteiger partial charge in [0.25, 0.3) is 5.91 Å². The molecule has 0 saturated carbocycles. The van der Waals surface area contributed by atoms with E-state index in [9.17, 15) is 4.79 Å². The Morgan fingerprint density at radius 1 is 1.07 bits per heavy atom. The van der Waals surface area contributed by atoms with Crippen LogP contribution in [0.25, 0.3) is 10.4 Å². The maximum atomic E-state index is 12.4. The van der Waals surface area contributed by atoms with E-state index in [0.29, 0.717) is 18.7 Å². The number of aryl methyl sites for hydroxylation is 1. The molecule has 30 heavy (non-hydrogen) atoms. The molecule has 7 heteroatoms. The van der Waals surface area contributed by atoms with Crippen LogP contribution in [-0.2, 0) is 0 Å². The van der Waals surface area contributed by atoms with E-state index < -0.39 is 0 Å². The number of benzene rings is 1. The molecule has 0 radical (unpaired) electrons. The second-order valence-electron chi connectivity index (χ2n) is 7.44. The van der Waals surface area contributed by atoms with Crippen LogP contribution in [0.15, 0.2) is 47.8 Å². The minimum absolute atomic E-state index is 0.0672. The lowest BCUT2D eigenvalue weighted by atomic mass is 10.1. The summed E-state index contributed by atoms with van der Waals surface area (Å²) < 4.78 is 0. The first-order valence-electron chi connectivity index (χ1n) is 10.5. The predicted molar refractivity (Wildman–Crippen MR) is 123 cm³/mol. The zero-order chi connectivity index (χ0) is 20.8. The topological polar surface area (TPSA) is 70.2 Å². The Morgan fingerprint density at radius 3 is 2.60 bits per heavy atom. The van der Waals surface area contributed by atoms with Gasteiger partial charge in [-0.05, 0) is 55.3 Å². The molecule has 1 aliphatic rings. The molecule has 1 fully saturated rings. The normalized spacial score (nSPS) is 13.8. The van der Waals surface area contributed by atoms with Crippen LogP contribution in [0, 0.1) is 6.92 Å². The van der Waals surface area contributed by atoms with Gasteiger partial charge >= 0.3 is 0 Å². The number of rotatable bonds is 7. The van der Waals surface area contributed by atoms with Crippen molar-refractivity contribution < 1.29 is 4.79 Å². The number of aromatic nitrogens is 2. The molecule has 1 saturated heterocycles. The summed E-state index contributed by atoms with van der Waals surface area (Å²) in [6, 6.07) is 13.8. The van der Waals surface area contributed by atoms with E-state index in [1.807, 2.05) is 43.3 Å². The average molecular weight is 422 g/mol. The molecule has 2 N–H and O–H groups in total.